The molecule has 6 rings (SSSR count). The van der Waals surface area contributed by atoms with E-state index in [4.69, 9.17) is 27.6 Å². The lowest BCUT2D eigenvalue weighted by Crippen LogP contribution is -2.65. The van der Waals surface area contributed by atoms with Crippen molar-refractivity contribution in [1.82, 2.24) is 5.32 Å². The first-order chi connectivity index (χ1) is 13.2. The number of halogens is 2. The van der Waals surface area contributed by atoms with E-state index in [0.29, 0.717) is 32.4 Å². The Kier molecular flexibility index (Phi) is 4.00. The van der Waals surface area contributed by atoms with E-state index in [-0.39, 0.29) is 11.4 Å². The van der Waals surface area contributed by atoms with Crippen LogP contribution in [0.5, 0.6) is 0 Å². The number of carbonyl (C=O) groups excluding carboxylic acids is 1. The van der Waals surface area contributed by atoms with Gasteiger partial charge in [0.25, 0.3) is 5.91 Å². The summed E-state index contributed by atoms with van der Waals surface area (Å²) in [5.41, 5.74) is 1.44. The summed E-state index contributed by atoms with van der Waals surface area (Å²) in [6, 6.07) is 8.90. The second-order valence-electron chi connectivity index (χ2n) is 10.2. The average molecular weight is 418 g/mol. The lowest BCUT2D eigenvalue weighted by atomic mass is 9.43. The van der Waals surface area contributed by atoms with E-state index in [0.717, 1.165) is 30.7 Å². The molecule has 5 heteroatoms. The third-order valence-electron chi connectivity index (χ3n) is 7.04. The highest BCUT2D eigenvalue weighted by atomic mass is 35.5. The average Bonchev–Trinajstić information content (AvgIpc) is 3.03. The Morgan fingerprint density at radius 3 is 2.36 bits per heavy atom. The van der Waals surface area contributed by atoms with Gasteiger partial charge in [-0.2, -0.15) is 0 Å². The van der Waals surface area contributed by atoms with Crippen molar-refractivity contribution in [3.05, 3.63) is 46.1 Å². The van der Waals surface area contributed by atoms with Crippen LogP contribution in [0.25, 0.3) is 11.3 Å². The molecule has 148 valence electrons. The summed E-state index contributed by atoms with van der Waals surface area (Å²) >= 11 is 12.1. The van der Waals surface area contributed by atoms with Gasteiger partial charge >= 0.3 is 0 Å². The van der Waals surface area contributed by atoms with Gasteiger partial charge in [0.15, 0.2) is 5.76 Å². The van der Waals surface area contributed by atoms with Crippen molar-refractivity contribution in [2.24, 2.45) is 16.7 Å². The minimum absolute atomic E-state index is 0.0868. The Bertz CT molecular complexity index is 947. The monoisotopic (exact) mass is 417 g/mol. The zero-order valence-corrected chi connectivity index (χ0v) is 17.8. The van der Waals surface area contributed by atoms with Crippen molar-refractivity contribution >= 4 is 29.1 Å². The highest BCUT2D eigenvalue weighted by molar-refractivity contribution is 6.42. The first-order valence-electron chi connectivity index (χ1n) is 10.0. The smallest absolute Gasteiger partial charge is 0.287 e. The molecule has 2 atom stereocenters. The van der Waals surface area contributed by atoms with Gasteiger partial charge < -0.3 is 9.73 Å². The van der Waals surface area contributed by atoms with Gasteiger partial charge in [-0.3, -0.25) is 4.79 Å². The summed E-state index contributed by atoms with van der Waals surface area (Å²) in [5.74, 6) is 1.59. The molecule has 0 aliphatic heterocycles. The Balaban J connectivity index is 1.38. The van der Waals surface area contributed by atoms with E-state index >= 15 is 0 Å². The molecule has 0 spiro atoms. The second-order valence-corrected chi connectivity index (χ2v) is 11.0. The van der Waals surface area contributed by atoms with Crippen LogP contribution in [-0.4, -0.2) is 11.4 Å². The second kappa shape index (κ2) is 6.03. The molecule has 2 unspecified atom stereocenters. The van der Waals surface area contributed by atoms with Crippen LogP contribution in [0.15, 0.2) is 34.7 Å². The highest BCUT2D eigenvalue weighted by Gasteiger charge is 2.60. The minimum atomic E-state index is -0.111. The molecular weight excluding hydrogens is 393 g/mol. The van der Waals surface area contributed by atoms with Crippen molar-refractivity contribution in [3.63, 3.8) is 0 Å². The summed E-state index contributed by atoms with van der Waals surface area (Å²) in [6.07, 6.45) is 7.17. The van der Waals surface area contributed by atoms with E-state index in [9.17, 15) is 4.79 Å². The largest absolute Gasteiger partial charge is 0.451 e. The van der Waals surface area contributed by atoms with Crippen molar-refractivity contribution in [1.29, 1.82) is 0 Å². The van der Waals surface area contributed by atoms with Crippen molar-refractivity contribution in [3.8, 4) is 11.3 Å². The molecule has 3 nitrogen and oxygen atoms in total. The summed E-state index contributed by atoms with van der Waals surface area (Å²) in [6.45, 7) is 4.82. The third kappa shape index (κ3) is 3.07. The molecule has 4 fully saturated rings. The van der Waals surface area contributed by atoms with Gasteiger partial charge in [-0.1, -0.05) is 37.0 Å². The molecular formula is C23H25Cl2NO2. The predicted octanol–water partition coefficient (Wildman–Crippen LogP) is 6.73. The molecule has 4 aliphatic rings. The molecule has 4 saturated carbocycles. The van der Waals surface area contributed by atoms with E-state index < -0.39 is 0 Å². The number of rotatable bonds is 3. The van der Waals surface area contributed by atoms with E-state index in [1.165, 1.54) is 19.3 Å². The quantitative estimate of drug-likeness (QED) is 0.600. The number of carbonyl (C=O) groups is 1. The third-order valence-corrected chi connectivity index (χ3v) is 7.78. The molecule has 4 bridgehead atoms. The van der Waals surface area contributed by atoms with Crippen LogP contribution in [-0.2, 0) is 0 Å². The van der Waals surface area contributed by atoms with Crippen LogP contribution in [0, 0.1) is 16.7 Å². The highest BCUT2D eigenvalue weighted by Crippen LogP contribution is 2.66. The van der Waals surface area contributed by atoms with E-state index in [1.807, 2.05) is 12.1 Å². The van der Waals surface area contributed by atoms with Crippen LogP contribution in [0.2, 0.25) is 10.0 Å². The Morgan fingerprint density at radius 2 is 1.71 bits per heavy atom. The molecule has 1 amide bonds. The van der Waals surface area contributed by atoms with Gasteiger partial charge in [0.2, 0.25) is 0 Å². The summed E-state index contributed by atoms with van der Waals surface area (Å²) < 4.78 is 5.88. The fourth-order valence-electron chi connectivity index (χ4n) is 7.15. The zero-order chi connectivity index (χ0) is 19.7. The van der Waals surface area contributed by atoms with Crippen LogP contribution < -0.4 is 5.32 Å². The number of furan rings is 1. The number of hydrogen-bond donors (Lipinski definition) is 1. The Hall–Kier alpha value is -1.45. The number of hydrogen-bond acceptors (Lipinski definition) is 2. The van der Waals surface area contributed by atoms with Crippen molar-refractivity contribution in [2.75, 3.05) is 0 Å². The minimum Gasteiger partial charge on any atom is -0.451 e. The maximum absolute atomic E-state index is 13.1. The number of benzene rings is 1. The van der Waals surface area contributed by atoms with Crippen molar-refractivity contribution in [2.45, 2.75) is 57.9 Å². The molecule has 0 radical (unpaired) electrons. The van der Waals surface area contributed by atoms with Crippen LogP contribution >= 0.6 is 23.2 Å². The first kappa shape index (κ1) is 18.6. The van der Waals surface area contributed by atoms with Gasteiger partial charge in [0, 0.05) is 11.1 Å². The lowest BCUT2D eigenvalue weighted by molar-refractivity contribution is -0.114. The molecule has 1 aromatic heterocycles. The molecule has 2 aromatic rings. The van der Waals surface area contributed by atoms with E-state index in [1.54, 1.807) is 18.2 Å². The summed E-state index contributed by atoms with van der Waals surface area (Å²) in [7, 11) is 0. The summed E-state index contributed by atoms with van der Waals surface area (Å²) in [4.78, 5) is 13.1. The number of nitrogens with one attached hydrogen (secondary N) is 1. The molecule has 4 aliphatic carbocycles. The van der Waals surface area contributed by atoms with Crippen LogP contribution in [0.4, 0.5) is 0 Å². The fourth-order valence-corrected chi connectivity index (χ4v) is 7.45. The van der Waals surface area contributed by atoms with Gasteiger partial charge in [0.05, 0.1) is 10.0 Å². The molecule has 1 aromatic carbocycles. The number of amides is 1. The first-order valence-corrected chi connectivity index (χ1v) is 10.8. The molecule has 28 heavy (non-hydrogen) atoms. The lowest BCUT2D eigenvalue weighted by Gasteiger charge is -2.65. The standard InChI is InChI=1S/C23H25Cl2NO2/c1-21-8-14-9-22(2,11-21)13-23(10-14,12-21)26-20(27)19-6-5-18(28-19)15-3-4-16(24)17(25)7-15/h3-7,14H,8-13H2,1-2H3,(H,26,27). The van der Waals surface area contributed by atoms with Crippen molar-refractivity contribution < 1.29 is 9.21 Å². The van der Waals surface area contributed by atoms with Gasteiger partial charge in [-0.25, -0.2) is 0 Å². The maximum Gasteiger partial charge on any atom is 0.287 e. The van der Waals surface area contributed by atoms with E-state index in [2.05, 4.69) is 19.2 Å². The normalized spacial score (nSPS) is 35.9. The molecule has 0 saturated heterocycles. The van der Waals surface area contributed by atoms with Crippen LogP contribution in [0.3, 0.4) is 0 Å². The van der Waals surface area contributed by atoms with Crippen LogP contribution in [0.1, 0.15) is 62.9 Å². The SMILES string of the molecule is CC12CC3CC(C)(C1)CC(NC(=O)c1ccc(-c4ccc(Cl)c(Cl)c4)o1)(C3)C2. The molecule has 1 heterocycles. The maximum atomic E-state index is 13.1. The van der Waals surface area contributed by atoms with Gasteiger partial charge in [0.1, 0.15) is 5.76 Å². The zero-order valence-electron chi connectivity index (χ0n) is 16.3. The van der Waals surface area contributed by atoms with Gasteiger partial charge in [-0.05, 0) is 85.6 Å². The Labute approximate surface area is 175 Å². The fraction of sp³-hybridized carbons (Fsp3) is 0.522. The summed E-state index contributed by atoms with van der Waals surface area (Å²) in [5, 5.41) is 4.36. The predicted molar refractivity (Wildman–Crippen MR) is 112 cm³/mol. The molecule has 1 N–H and O–H groups in total. The van der Waals surface area contributed by atoms with Gasteiger partial charge in [-0.15, -0.1) is 0 Å². The Morgan fingerprint density at radius 1 is 1.00 bits per heavy atom. The topological polar surface area (TPSA) is 42.2 Å².